The first-order valence-electron chi connectivity index (χ1n) is 5.05. The van der Waals surface area contributed by atoms with E-state index in [9.17, 15) is 4.79 Å². The van der Waals surface area contributed by atoms with Gasteiger partial charge in [0.05, 0.1) is 18.0 Å². The molecule has 0 heterocycles. The average Bonchev–Trinajstić information content (AvgIpc) is 2.24. The van der Waals surface area contributed by atoms with Gasteiger partial charge in [0.1, 0.15) is 0 Å². The first kappa shape index (κ1) is 12.1. The van der Waals surface area contributed by atoms with E-state index < -0.39 is 0 Å². The molecule has 86 valence electrons. The molecule has 0 spiro atoms. The van der Waals surface area contributed by atoms with Crippen LogP contribution in [-0.4, -0.2) is 12.6 Å². The highest BCUT2D eigenvalue weighted by atomic mass is 16.5. The summed E-state index contributed by atoms with van der Waals surface area (Å²) in [5, 5.41) is 0. The maximum absolute atomic E-state index is 11.4. The van der Waals surface area contributed by atoms with Crippen LogP contribution in [0.1, 0.15) is 19.4 Å². The van der Waals surface area contributed by atoms with Crippen molar-refractivity contribution in [2.45, 2.75) is 13.8 Å². The topological polar surface area (TPSA) is 78.3 Å². The van der Waals surface area contributed by atoms with Crippen LogP contribution in [0.25, 0.3) is 6.08 Å². The zero-order valence-electron chi connectivity index (χ0n) is 9.49. The summed E-state index contributed by atoms with van der Waals surface area (Å²) < 4.78 is 4.87. The predicted octanol–water partition coefficient (Wildman–Crippen LogP) is 1.82. The second-order valence-corrected chi connectivity index (χ2v) is 3.44. The van der Waals surface area contributed by atoms with Crippen molar-refractivity contribution in [3.8, 4) is 0 Å². The lowest BCUT2D eigenvalue weighted by molar-refractivity contribution is -0.138. The molecule has 0 radical (unpaired) electrons. The Labute approximate surface area is 94.9 Å². The molecule has 1 rings (SSSR count). The molecule has 0 fully saturated rings. The fourth-order valence-electron chi connectivity index (χ4n) is 1.24. The molecule has 0 bridgehead atoms. The van der Waals surface area contributed by atoms with Crippen LogP contribution in [0.5, 0.6) is 0 Å². The molecule has 0 unspecified atom stereocenters. The van der Waals surface area contributed by atoms with Crippen molar-refractivity contribution >= 4 is 23.4 Å². The van der Waals surface area contributed by atoms with Crippen LogP contribution in [-0.2, 0) is 9.53 Å². The van der Waals surface area contributed by atoms with Crippen molar-refractivity contribution in [1.82, 2.24) is 0 Å². The van der Waals surface area contributed by atoms with E-state index in [1.165, 1.54) is 0 Å². The van der Waals surface area contributed by atoms with Gasteiger partial charge in [-0.2, -0.15) is 0 Å². The van der Waals surface area contributed by atoms with Gasteiger partial charge in [-0.1, -0.05) is 6.07 Å². The lowest BCUT2D eigenvalue weighted by Gasteiger charge is -2.03. The van der Waals surface area contributed by atoms with Crippen LogP contribution in [0, 0.1) is 0 Å². The van der Waals surface area contributed by atoms with Gasteiger partial charge < -0.3 is 16.2 Å². The summed E-state index contributed by atoms with van der Waals surface area (Å²) >= 11 is 0. The molecule has 0 aliphatic heterocycles. The molecule has 0 saturated heterocycles. The van der Waals surface area contributed by atoms with Crippen LogP contribution >= 0.6 is 0 Å². The number of hydrogen-bond acceptors (Lipinski definition) is 4. The van der Waals surface area contributed by atoms with Gasteiger partial charge in [0.2, 0.25) is 0 Å². The Balaban J connectivity index is 2.89. The van der Waals surface area contributed by atoms with Crippen LogP contribution in [0.2, 0.25) is 0 Å². The number of benzene rings is 1. The molecule has 4 nitrogen and oxygen atoms in total. The van der Waals surface area contributed by atoms with E-state index in [0.717, 1.165) is 5.56 Å². The van der Waals surface area contributed by atoms with Crippen molar-refractivity contribution in [2.24, 2.45) is 0 Å². The van der Waals surface area contributed by atoms with E-state index >= 15 is 0 Å². The van der Waals surface area contributed by atoms with Crippen LogP contribution < -0.4 is 11.5 Å². The Morgan fingerprint density at radius 2 is 2.06 bits per heavy atom. The van der Waals surface area contributed by atoms with Crippen molar-refractivity contribution in [3.63, 3.8) is 0 Å². The third-order valence-corrected chi connectivity index (χ3v) is 2.09. The fraction of sp³-hybridized carbons (Fsp3) is 0.250. The maximum Gasteiger partial charge on any atom is 0.333 e. The van der Waals surface area contributed by atoms with Crippen LogP contribution in [0.3, 0.4) is 0 Å². The van der Waals surface area contributed by atoms with Crippen LogP contribution in [0.15, 0.2) is 23.8 Å². The molecule has 1 aromatic carbocycles. The monoisotopic (exact) mass is 220 g/mol. The minimum absolute atomic E-state index is 0.321. The number of carbonyl (C=O) groups excluding carboxylic acids is 1. The van der Waals surface area contributed by atoms with Gasteiger partial charge in [0, 0.05) is 5.57 Å². The van der Waals surface area contributed by atoms with Crippen molar-refractivity contribution in [3.05, 3.63) is 29.3 Å². The molecule has 0 aliphatic rings. The molecule has 4 N–H and O–H groups in total. The van der Waals surface area contributed by atoms with Gasteiger partial charge in [0.25, 0.3) is 0 Å². The predicted molar refractivity (Wildman–Crippen MR) is 65.6 cm³/mol. The number of carbonyl (C=O) groups is 1. The largest absolute Gasteiger partial charge is 0.463 e. The summed E-state index contributed by atoms with van der Waals surface area (Å²) in [6, 6.07) is 5.23. The van der Waals surface area contributed by atoms with Crippen molar-refractivity contribution in [1.29, 1.82) is 0 Å². The quantitative estimate of drug-likeness (QED) is 0.462. The normalized spacial score (nSPS) is 11.2. The molecule has 0 amide bonds. The Morgan fingerprint density at radius 3 is 2.62 bits per heavy atom. The van der Waals surface area contributed by atoms with E-state index in [1.54, 1.807) is 38.1 Å². The lowest BCUT2D eigenvalue weighted by Crippen LogP contribution is -2.04. The maximum atomic E-state index is 11.4. The van der Waals surface area contributed by atoms with Gasteiger partial charge in [-0.15, -0.1) is 0 Å². The second kappa shape index (κ2) is 5.21. The van der Waals surface area contributed by atoms with E-state index in [0.29, 0.717) is 23.6 Å². The van der Waals surface area contributed by atoms with Crippen LogP contribution in [0.4, 0.5) is 11.4 Å². The molecule has 16 heavy (non-hydrogen) atoms. The minimum atomic E-state index is -0.321. The van der Waals surface area contributed by atoms with Crippen molar-refractivity contribution in [2.75, 3.05) is 18.1 Å². The molecular weight excluding hydrogens is 204 g/mol. The number of hydrogen-bond donors (Lipinski definition) is 2. The Hall–Kier alpha value is -1.97. The molecule has 4 heteroatoms. The SMILES string of the molecule is CCOC(=O)/C(C)=C/c1ccc(N)c(N)c1. The summed E-state index contributed by atoms with van der Waals surface area (Å²) in [7, 11) is 0. The summed E-state index contributed by atoms with van der Waals surface area (Å²) in [6.45, 7) is 3.84. The Bertz CT molecular complexity index is 425. The molecule has 0 aliphatic carbocycles. The molecule has 0 saturated carbocycles. The summed E-state index contributed by atoms with van der Waals surface area (Å²) in [5.74, 6) is -0.321. The third-order valence-electron chi connectivity index (χ3n) is 2.09. The number of nitrogens with two attached hydrogens (primary N) is 2. The number of rotatable bonds is 3. The third kappa shape index (κ3) is 3.02. The molecular formula is C12H16N2O2. The van der Waals surface area contributed by atoms with Gasteiger partial charge >= 0.3 is 5.97 Å². The number of anilines is 2. The Morgan fingerprint density at radius 1 is 1.38 bits per heavy atom. The fourth-order valence-corrected chi connectivity index (χ4v) is 1.24. The number of nitrogen functional groups attached to an aromatic ring is 2. The minimum Gasteiger partial charge on any atom is -0.463 e. The smallest absolute Gasteiger partial charge is 0.333 e. The zero-order valence-corrected chi connectivity index (χ0v) is 9.49. The molecule has 0 atom stereocenters. The first-order chi connectivity index (χ1) is 7.54. The van der Waals surface area contributed by atoms with E-state index in [1.807, 2.05) is 0 Å². The summed E-state index contributed by atoms with van der Waals surface area (Å²) in [5.41, 5.74) is 13.7. The van der Waals surface area contributed by atoms with Gasteiger partial charge in [-0.25, -0.2) is 4.79 Å². The summed E-state index contributed by atoms with van der Waals surface area (Å²) in [6.07, 6.45) is 1.72. The zero-order chi connectivity index (χ0) is 12.1. The van der Waals surface area contributed by atoms with Gasteiger partial charge in [0.15, 0.2) is 0 Å². The molecule has 1 aromatic rings. The highest BCUT2D eigenvalue weighted by molar-refractivity contribution is 5.93. The Kier molecular flexibility index (Phi) is 3.94. The number of ether oxygens (including phenoxy) is 1. The summed E-state index contributed by atoms with van der Waals surface area (Å²) in [4.78, 5) is 11.4. The standard InChI is InChI=1S/C12H16N2O2/c1-3-16-12(15)8(2)6-9-4-5-10(13)11(14)7-9/h4-7H,3,13-14H2,1-2H3/b8-6+. The number of esters is 1. The van der Waals surface area contributed by atoms with E-state index in [4.69, 9.17) is 16.2 Å². The van der Waals surface area contributed by atoms with E-state index in [2.05, 4.69) is 0 Å². The van der Waals surface area contributed by atoms with E-state index in [-0.39, 0.29) is 5.97 Å². The second-order valence-electron chi connectivity index (χ2n) is 3.44. The van der Waals surface area contributed by atoms with Gasteiger partial charge in [-0.3, -0.25) is 0 Å². The molecule has 0 aromatic heterocycles. The highest BCUT2D eigenvalue weighted by Crippen LogP contribution is 2.18. The van der Waals surface area contributed by atoms with Crippen molar-refractivity contribution < 1.29 is 9.53 Å². The lowest BCUT2D eigenvalue weighted by atomic mass is 10.1. The first-order valence-corrected chi connectivity index (χ1v) is 5.05. The average molecular weight is 220 g/mol. The highest BCUT2D eigenvalue weighted by Gasteiger charge is 2.04. The van der Waals surface area contributed by atoms with Gasteiger partial charge in [-0.05, 0) is 37.6 Å².